The molecule has 5 aliphatic rings. The van der Waals surface area contributed by atoms with Crippen LogP contribution in [0.2, 0.25) is 0 Å². The number of rotatable bonds is 0. The summed E-state index contributed by atoms with van der Waals surface area (Å²) in [7, 11) is 0. The smallest absolute Gasteiger partial charge is 0.173 e. The molecule has 2 heterocycles. The molecule has 6 atom stereocenters. The third-order valence-corrected chi connectivity index (χ3v) is 4.58. The second kappa shape index (κ2) is 1.59. The lowest BCUT2D eigenvalue weighted by molar-refractivity contribution is 0.188. The number of azo groups is 1. The van der Waals surface area contributed by atoms with Crippen molar-refractivity contribution in [1.29, 1.82) is 10.5 Å². The molecule has 3 fully saturated rings. The first-order chi connectivity index (χ1) is 6.78. The first kappa shape index (κ1) is 6.95. The predicted octanol–water partition coefficient (Wildman–Crippen LogP) is 1.26. The van der Waals surface area contributed by atoms with Gasteiger partial charge in [-0.2, -0.15) is 20.8 Å². The van der Waals surface area contributed by atoms with E-state index in [9.17, 15) is 10.5 Å². The van der Waals surface area contributed by atoms with Crippen LogP contribution in [0.1, 0.15) is 12.8 Å². The normalized spacial score (nSPS) is 64.7. The fourth-order valence-electron chi connectivity index (χ4n) is 3.72. The van der Waals surface area contributed by atoms with Gasteiger partial charge in [-0.15, -0.1) is 0 Å². The van der Waals surface area contributed by atoms with Crippen LogP contribution < -0.4 is 0 Å². The molecule has 0 N–H and O–H groups in total. The van der Waals surface area contributed by atoms with Crippen LogP contribution in [0.25, 0.3) is 0 Å². The maximum Gasteiger partial charge on any atom is 0.173 e. The zero-order valence-electron chi connectivity index (χ0n) is 7.51. The molecule has 3 aliphatic carbocycles. The Balaban J connectivity index is 1.99. The SMILES string of the molecule is N#CC12N=NC(C#N)([C@@H]3C[C@@H]31)[C@H]1C[C@H]12. The average molecular weight is 184 g/mol. The minimum atomic E-state index is -0.520. The van der Waals surface area contributed by atoms with Crippen molar-refractivity contribution in [3.8, 4) is 12.1 Å². The molecule has 0 aromatic heterocycles. The van der Waals surface area contributed by atoms with E-state index in [0.29, 0.717) is 23.7 Å². The monoisotopic (exact) mass is 184 g/mol. The molecule has 4 nitrogen and oxygen atoms in total. The van der Waals surface area contributed by atoms with Gasteiger partial charge in [0, 0.05) is 23.7 Å². The van der Waals surface area contributed by atoms with E-state index < -0.39 is 11.1 Å². The van der Waals surface area contributed by atoms with E-state index in [1.165, 1.54) is 0 Å². The lowest BCUT2D eigenvalue weighted by atomic mass is 9.73. The van der Waals surface area contributed by atoms with E-state index in [2.05, 4.69) is 22.4 Å². The summed E-state index contributed by atoms with van der Waals surface area (Å²) >= 11 is 0. The van der Waals surface area contributed by atoms with Crippen LogP contribution in [-0.4, -0.2) is 11.1 Å². The summed E-state index contributed by atoms with van der Waals surface area (Å²) in [5, 5.41) is 26.8. The summed E-state index contributed by atoms with van der Waals surface area (Å²) in [6.07, 6.45) is 1.97. The summed E-state index contributed by atoms with van der Waals surface area (Å²) in [6, 6.07) is 4.72. The van der Waals surface area contributed by atoms with Crippen LogP contribution in [0.15, 0.2) is 10.2 Å². The lowest BCUT2D eigenvalue weighted by Crippen LogP contribution is -2.48. The van der Waals surface area contributed by atoms with E-state index in [1.807, 2.05) is 0 Å². The fourth-order valence-corrected chi connectivity index (χ4v) is 3.72. The largest absolute Gasteiger partial charge is 0.196 e. The summed E-state index contributed by atoms with van der Waals surface area (Å²) in [4.78, 5) is 0. The van der Waals surface area contributed by atoms with Crippen molar-refractivity contribution < 1.29 is 0 Å². The van der Waals surface area contributed by atoms with Gasteiger partial charge in [0.25, 0.3) is 0 Å². The molecule has 0 radical (unpaired) electrons. The van der Waals surface area contributed by atoms with Gasteiger partial charge in [-0.3, -0.25) is 0 Å². The summed E-state index contributed by atoms with van der Waals surface area (Å²) < 4.78 is 0. The molecule has 0 amide bonds. The van der Waals surface area contributed by atoms with Crippen LogP contribution in [-0.2, 0) is 0 Å². The lowest BCUT2D eigenvalue weighted by Gasteiger charge is -2.37. The number of hydrogen-bond donors (Lipinski definition) is 0. The van der Waals surface area contributed by atoms with Gasteiger partial charge >= 0.3 is 0 Å². The highest BCUT2D eigenvalue weighted by atomic mass is 15.3. The van der Waals surface area contributed by atoms with E-state index in [0.717, 1.165) is 12.8 Å². The maximum atomic E-state index is 9.23. The van der Waals surface area contributed by atoms with Crippen molar-refractivity contribution in [2.45, 2.75) is 23.9 Å². The third kappa shape index (κ3) is 0.429. The molecule has 14 heavy (non-hydrogen) atoms. The average Bonchev–Trinajstić information content (AvgIpc) is 3.06. The highest BCUT2D eigenvalue weighted by molar-refractivity contribution is 5.42. The maximum absolute atomic E-state index is 9.23. The van der Waals surface area contributed by atoms with Gasteiger partial charge in [0.2, 0.25) is 0 Å². The molecule has 4 heteroatoms. The van der Waals surface area contributed by atoms with Crippen LogP contribution in [0.3, 0.4) is 0 Å². The Hall–Kier alpha value is -1.42. The van der Waals surface area contributed by atoms with Crippen molar-refractivity contribution in [2.75, 3.05) is 0 Å². The Labute approximate surface area is 81.2 Å². The van der Waals surface area contributed by atoms with Crippen molar-refractivity contribution >= 4 is 0 Å². The zero-order chi connectivity index (χ0) is 9.55. The second-order valence-electron chi connectivity index (χ2n) is 4.97. The molecule has 2 bridgehead atoms. The molecule has 2 aliphatic heterocycles. The minimum Gasteiger partial charge on any atom is -0.196 e. The van der Waals surface area contributed by atoms with E-state index in [4.69, 9.17) is 0 Å². The predicted molar refractivity (Wildman–Crippen MR) is 44.7 cm³/mol. The van der Waals surface area contributed by atoms with Crippen LogP contribution in [0, 0.1) is 46.3 Å². The van der Waals surface area contributed by atoms with Crippen LogP contribution >= 0.6 is 0 Å². The standard InChI is InChI=1S/C10H8N4/c11-3-9-5-1-6(5)10(4-12,14-13-9)8-2-7(8)9/h5-8H,1-2H2/t5-,6+,7+,8-,9?,10?. The van der Waals surface area contributed by atoms with Crippen molar-refractivity contribution in [3.05, 3.63) is 0 Å². The Kier molecular flexibility index (Phi) is 0.788. The number of nitrogens with zero attached hydrogens (tertiary/aromatic N) is 4. The summed E-state index contributed by atoms with van der Waals surface area (Å²) in [6.45, 7) is 0. The Morgan fingerprint density at radius 2 is 1.21 bits per heavy atom. The molecule has 3 saturated carbocycles. The molecule has 0 spiro atoms. The van der Waals surface area contributed by atoms with Crippen molar-refractivity contribution in [2.24, 2.45) is 33.9 Å². The third-order valence-electron chi connectivity index (χ3n) is 4.58. The highest BCUT2D eigenvalue weighted by Crippen LogP contribution is 2.76. The van der Waals surface area contributed by atoms with Crippen LogP contribution in [0.4, 0.5) is 0 Å². The Morgan fingerprint density at radius 3 is 1.50 bits per heavy atom. The Bertz CT molecular complexity index is 394. The number of hydrogen-bond acceptors (Lipinski definition) is 4. The van der Waals surface area contributed by atoms with Gasteiger partial charge in [0.1, 0.15) is 0 Å². The second-order valence-corrected chi connectivity index (χ2v) is 4.97. The van der Waals surface area contributed by atoms with Crippen LogP contribution in [0.5, 0.6) is 0 Å². The Morgan fingerprint density at radius 1 is 0.857 bits per heavy atom. The first-order valence-corrected chi connectivity index (χ1v) is 5.05. The molecule has 5 rings (SSSR count). The number of nitriles is 2. The minimum absolute atomic E-state index is 0.341. The van der Waals surface area contributed by atoms with Gasteiger partial charge in [0.05, 0.1) is 12.1 Å². The molecule has 0 saturated heterocycles. The fraction of sp³-hybridized carbons (Fsp3) is 0.800. The molecular weight excluding hydrogens is 176 g/mol. The van der Waals surface area contributed by atoms with Gasteiger partial charge in [-0.1, -0.05) is 0 Å². The van der Waals surface area contributed by atoms with Gasteiger partial charge in [-0.05, 0) is 12.8 Å². The molecule has 68 valence electrons. The van der Waals surface area contributed by atoms with Gasteiger partial charge < -0.3 is 0 Å². The quantitative estimate of drug-likeness (QED) is 0.568. The van der Waals surface area contributed by atoms with Crippen molar-refractivity contribution in [1.82, 2.24) is 0 Å². The summed E-state index contributed by atoms with van der Waals surface area (Å²) in [5.41, 5.74) is -1.04. The highest BCUT2D eigenvalue weighted by Gasteiger charge is 2.82. The van der Waals surface area contributed by atoms with Crippen molar-refractivity contribution in [3.63, 3.8) is 0 Å². The molecular formula is C10H8N4. The van der Waals surface area contributed by atoms with Gasteiger partial charge in [0.15, 0.2) is 11.1 Å². The molecule has 0 aromatic rings. The van der Waals surface area contributed by atoms with E-state index >= 15 is 0 Å². The first-order valence-electron chi connectivity index (χ1n) is 5.05. The van der Waals surface area contributed by atoms with E-state index in [-0.39, 0.29) is 0 Å². The van der Waals surface area contributed by atoms with E-state index in [1.54, 1.807) is 0 Å². The molecule has 0 aromatic carbocycles. The molecule has 2 unspecified atom stereocenters. The topological polar surface area (TPSA) is 72.3 Å². The summed E-state index contributed by atoms with van der Waals surface area (Å²) in [5.74, 6) is 1.36. The zero-order valence-corrected chi connectivity index (χ0v) is 7.51. The van der Waals surface area contributed by atoms with Gasteiger partial charge in [-0.25, -0.2) is 0 Å².